The number of phenols is 1. The monoisotopic (exact) mass is 445 g/mol. The van der Waals surface area contributed by atoms with Crippen LogP contribution in [0.4, 0.5) is 0 Å². The fourth-order valence-corrected chi connectivity index (χ4v) is 3.29. The van der Waals surface area contributed by atoms with E-state index >= 15 is 0 Å². The molecule has 1 atom stereocenters. The summed E-state index contributed by atoms with van der Waals surface area (Å²) in [4.78, 5) is 37.2. The van der Waals surface area contributed by atoms with Crippen LogP contribution in [0.1, 0.15) is 45.2 Å². The molecule has 0 spiro atoms. The summed E-state index contributed by atoms with van der Waals surface area (Å²) in [7, 11) is 0. The molecule has 0 fully saturated rings. The van der Waals surface area contributed by atoms with Gasteiger partial charge in [0.25, 0.3) is 11.8 Å². The molecule has 3 aromatic carbocycles. The van der Waals surface area contributed by atoms with Gasteiger partial charge < -0.3 is 21.1 Å². The first-order chi connectivity index (χ1) is 16.0. The van der Waals surface area contributed by atoms with E-state index in [1.165, 1.54) is 12.1 Å². The number of benzene rings is 3. The number of rotatable bonds is 10. The Labute approximate surface area is 192 Å². The van der Waals surface area contributed by atoms with Gasteiger partial charge in [0.05, 0.1) is 12.5 Å². The van der Waals surface area contributed by atoms with Crippen LogP contribution >= 0.6 is 0 Å². The van der Waals surface area contributed by atoms with Crippen molar-refractivity contribution in [1.29, 1.82) is 0 Å². The van der Waals surface area contributed by atoms with Gasteiger partial charge in [-0.1, -0.05) is 54.6 Å². The summed E-state index contributed by atoms with van der Waals surface area (Å²) < 4.78 is 0. The van der Waals surface area contributed by atoms with Crippen molar-refractivity contribution in [3.05, 3.63) is 102 Å². The van der Waals surface area contributed by atoms with E-state index in [0.29, 0.717) is 30.6 Å². The van der Waals surface area contributed by atoms with Crippen LogP contribution in [0.2, 0.25) is 0 Å². The Balaban J connectivity index is 1.47. The van der Waals surface area contributed by atoms with E-state index in [2.05, 4.69) is 16.0 Å². The minimum Gasteiger partial charge on any atom is -0.508 e. The Bertz CT molecular complexity index is 1070. The average molecular weight is 446 g/mol. The van der Waals surface area contributed by atoms with Gasteiger partial charge in [-0.3, -0.25) is 14.4 Å². The molecule has 0 saturated heterocycles. The first kappa shape index (κ1) is 23.5. The Morgan fingerprint density at radius 2 is 1.36 bits per heavy atom. The molecule has 170 valence electrons. The maximum Gasteiger partial charge on any atom is 0.251 e. The molecule has 0 heterocycles. The third-order valence-corrected chi connectivity index (χ3v) is 5.00. The van der Waals surface area contributed by atoms with Crippen molar-refractivity contribution in [2.75, 3.05) is 13.1 Å². The lowest BCUT2D eigenvalue weighted by Crippen LogP contribution is -2.35. The molecule has 7 heteroatoms. The van der Waals surface area contributed by atoms with Crippen LogP contribution in [0, 0.1) is 0 Å². The Morgan fingerprint density at radius 3 is 2.06 bits per heavy atom. The van der Waals surface area contributed by atoms with Crippen LogP contribution in [0.25, 0.3) is 0 Å². The predicted octanol–water partition coefficient (Wildman–Crippen LogP) is 3.19. The predicted molar refractivity (Wildman–Crippen MR) is 126 cm³/mol. The Hall–Kier alpha value is -4.13. The van der Waals surface area contributed by atoms with Crippen LogP contribution in [-0.4, -0.2) is 35.9 Å². The maximum absolute atomic E-state index is 12.6. The number of carbonyl (C=O) groups excluding carboxylic acids is 3. The molecule has 0 aliphatic rings. The van der Waals surface area contributed by atoms with Crippen LogP contribution < -0.4 is 16.0 Å². The molecular formula is C26H27N3O4. The number of carbonyl (C=O) groups is 3. The van der Waals surface area contributed by atoms with Gasteiger partial charge in [-0.2, -0.15) is 0 Å². The minimum atomic E-state index is -0.468. The molecule has 0 aliphatic heterocycles. The molecule has 33 heavy (non-hydrogen) atoms. The lowest BCUT2D eigenvalue weighted by atomic mass is 10.0. The van der Waals surface area contributed by atoms with Crippen molar-refractivity contribution >= 4 is 17.7 Å². The SMILES string of the molecule is O=C(CC(NC(=O)c1ccccc1)c1ccccc1)NCCCNC(=O)c1cccc(O)c1. The maximum atomic E-state index is 12.6. The van der Waals surface area contributed by atoms with Crippen molar-refractivity contribution < 1.29 is 19.5 Å². The van der Waals surface area contributed by atoms with Crippen LogP contribution in [0.15, 0.2) is 84.9 Å². The van der Waals surface area contributed by atoms with E-state index in [0.717, 1.165) is 5.56 Å². The number of aromatic hydroxyl groups is 1. The number of hydrogen-bond acceptors (Lipinski definition) is 4. The van der Waals surface area contributed by atoms with Gasteiger partial charge in [-0.05, 0) is 42.3 Å². The molecule has 4 N–H and O–H groups in total. The minimum absolute atomic E-state index is 0.0299. The van der Waals surface area contributed by atoms with E-state index in [4.69, 9.17) is 0 Å². The number of phenolic OH excluding ortho intramolecular Hbond substituents is 1. The molecule has 1 unspecified atom stereocenters. The van der Waals surface area contributed by atoms with E-state index in [-0.39, 0.29) is 29.9 Å². The van der Waals surface area contributed by atoms with Gasteiger partial charge in [-0.15, -0.1) is 0 Å². The van der Waals surface area contributed by atoms with E-state index in [9.17, 15) is 19.5 Å². The second-order valence-corrected chi connectivity index (χ2v) is 7.52. The molecule has 0 aromatic heterocycles. The summed E-state index contributed by atoms with van der Waals surface area (Å²) in [6.45, 7) is 0.759. The van der Waals surface area contributed by atoms with E-state index < -0.39 is 6.04 Å². The van der Waals surface area contributed by atoms with E-state index in [1.54, 1.807) is 36.4 Å². The molecule has 3 amide bonds. The van der Waals surface area contributed by atoms with Gasteiger partial charge in [0.15, 0.2) is 0 Å². The zero-order chi connectivity index (χ0) is 23.5. The van der Waals surface area contributed by atoms with Gasteiger partial charge in [-0.25, -0.2) is 0 Å². The van der Waals surface area contributed by atoms with Gasteiger partial charge >= 0.3 is 0 Å². The Morgan fingerprint density at radius 1 is 0.727 bits per heavy atom. The third kappa shape index (κ3) is 7.50. The second-order valence-electron chi connectivity index (χ2n) is 7.52. The molecule has 0 saturated carbocycles. The highest BCUT2D eigenvalue weighted by atomic mass is 16.3. The second kappa shape index (κ2) is 12.0. The summed E-state index contributed by atoms with van der Waals surface area (Å²) in [6.07, 6.45) is 0.640. The fraction of sp³-hybridized carbons (Fsp3) is 0.192. The van der Waals surface area contributed by atoms with Gasteiger partial charge in [0.2, 0.25) is 5.91 Å². The summed E-state index contributed by atoms with van der Waals surface area (Å²) in [6, 6.07) is 23.9. The third-order valence-electron chi connectivity index (χ3n) is 5.00. The molecule has 0 bridgehead atoms. The highest BCUT2D eigenvalue weighted by Crippen LogP contribution is 2.17. The largest absolute Gasteiger partial charge is 0.508 e. The summed E-state index contributed by atoms with van der Waals surface area (Å²) >= 11 is 0. The summed E-state index contributed by atoms with van der Waals surface area (Å²) in [5.74, 6) is -0.698. The highest BCUT2D eigenvalue weighted by Gasteiger charge is 2.19. The van der Waals surface area contributed by atoms with Crippen LogP contribution in [-0.2, 0) is 4.79 Å². The zero-order valence-corrected chi connectivity index (χ0v) is 18.2. The lowest BCUT2D eigenvalue weighted by molar-refractivity contribution is -0.121. The molecule has 7 nitrogen and oxygen atoms in total. The van der Waals surface area contributed by atoms with Crippen LogP contribution in [0.5, 0.6) is 5.75 Å². The van der Waals surface area contributed by atoms with Crippen molar-refractivity contribution in [2.24, 2.45) is 0 Å². The van der Waals surface area contributed by atoms with Gasteiger partial charge in [0.1, 0.15) is 5.75 Å². The topological polar surface area (TPSA) is 108 Å². The quantitative estimate of drug-likeness (QED) is 0.360. The number of nitrogens with one attached hydrogen (secondary N) is 3. The molecule has 3 aromatic rings. The Kier molecular flexibility index (Phi) is 8.59. The number of amides is 3. The smallest absolute Gasteiger partial charge is 0.251 e. The zero-order valence-electron chi connectivity index (χ0n) is 18.2. The summed E-state index contributed by atoms with van der Waals surface area (Å²) in [5, 5.41) is 18.0. The molecular weight excluding hydrogens is 418 g/mol. The normalized spacial score (nSPS) is 11.3. The fourth-order valence-electron chi connectivity index (χ4n) is 3.29. The number of hydrogen-bond donors (Lipinski definition) is 4. The first-order valence-electron chi connectivity index (χ1n) is 10.8. The molecule has 0 radical (unpaired) electrons. The van der Waals surface area contributed by atoms with E-state index in [1.807, 2.05) is 36.4 Å². The summed E-state index contributed by atoms with van der Waals surface area (Å²) in [5.41, 5.74) is 1.75. The first-order valence-corrected chi connectivity index (χ1v) is 10.8. The van der Waals surface area contributed by atoms with Crippen molar-refractivity contribution in [3.8, 4) is 5.75 Å². The molecule has 3 rings (SSSR count). The van der Waals surface area contributed by atoms with Crippen molar-refractivity contribution in [2.45, 2.75) is 18.9 Å². The van der Waals surface area contributed by atoms with Crippen LogP contribution in [0.3, 0.4) is 0 Å². The lowest BCUT2D eigenvalue weighted by Gasteiger charge is -2.19. The highest BCUT2D eigenvalue weighted by molar-refractivity contribution is 5.95. The van der Waals surface area contributed by atoms with Crippen molar-refractivity contribution in [1.82, 2.24) is 16.0 Å². The average Bonchev–Trinajstić information content (AvgIpc) is 2.84. The van der Waals surface area contributed by atoms with Crippen molar-refractivity contribution in [3.63, 3.8) is 0 Å². The molecule has 0 aliphatic carbocycles. The standard InChI is InChI=1S/C26H27N3O4/c30-22-14-7-13-21(17-22)25(32)28-16-8-15-27-24(31)18-23(19-9-3-1-4-10-19)29-26(33)20-11-5-2-6-12-20/h1-7,9-14,17,23,30H,8,15-16,18H2,(H,27,31)(H,28,32)(H,29,33). The van der Waals surface area contributed by atoms with Gasteiger partial charge in [0, 0.05) is 24.2 Å².